The monoisotopic (exact) mass is 506 g/mol. The molecule has 2 saturated heterocycles. The zero-order valence-corrected chi connectivity index (χ0v) is 21.4. The number of hydrogen-bond acceptors (Lipinski definition) is 6. The lowest BCUT2D eigenvalue weighted by atomic mass is 9.71. The van der Waals surface area contributed by atoms with E-state index in [0.717, 1.165) is 76.0 Å². The number of nitrogens with one attached hydrogen (secondary N) is 1. The normalized spacial score (nSPS) is 20.0. The number of carbonyl (C=O) groups excluding carboxylic acids is 2. The van der Waals surface area contributed by atoms with Crippen molar-refractivity contribution in [2.45, 2.75) is 38.5 Å². The van der Waals surface area contributed by atoms with E-state index in [1.165, 1.54) is 10.5 Å². The fraction of sp³-hybridized carbons (Fsp3) is 0.464. The molecule has 0 bridgehead atoms. The molecule has 0 aliphatic carbocycles. The summed E-state index contributed by atoms with van der Waals surface area (Å²) in [5, 5.41) is 14.2. The fourth-order valence-corrected chi connectivity index (χ4v) is 6.17. The largest absolute Gasteiger partial charge is 0.396 e. The molecule has 0 atom stereocenters. The SMILES string of the molecule is O=C(/C=C/c1cnc2c(c1)CC1(CCN(CCCO)CC1)C(=O)N2)N1CCC(=Cc2cccs2)CC1. The Morgan fingerprint density at radius 2 is 2.03 bits per heavy atom. The number of hydrogen-bond donors (Lipinski definition) is 2. The summed E-state index contributed by atoms with van der Waals surface area (Å²) >= 11 is 1.74. The van der Waals surface area contributed by atoms with Crippen LogP contribution in [0.3, 0.4) is 0 Å². The minimum Gasteiger partial charge on any atom is -0.396 e. The molecule has 0 aromatic carbocycles. The van der Waals surface area contributed by atoms with Crippen LogP contribution < -0.4 is 5.32 Å². The lowest BCUT2D eigenvalue weighted by Gasteiger charge is -2.43. The predicted molar refractivity (Wildman–Crippen MR) is 144 cm³/mol. The average molecular weight is 507 g/mol. The molecule has 8 heteroatoms. The maximum Gasteiger partial charge on any atom is 0.246 e. The Hall–Kier alpha value is -2.81. The molecule has 5 rings (SSSR count). The Morgan fingerprint density at radius 1 is 1.22 bits per heavy atom. The van der Waals surface area contributed by atoms with Crippen LogP contribution in [0.5, 0.6) is 0 Å². The van der Waals surface area contributed by atoms with Gasteiger partial charge in [-0.2, -0.15) is 0 Å². The van der Waals surface area contributed by atoms with Gasteiger partial charge < -0.3 is 20.2 Å². The Bertz CT molecular complexity index is 1140. The van der Waals surface area contributed by atoms with Crippen LogP contribution in [0.25, 0.3) is 12.2 Å². The van der Waals surface area contributed by atoms with Crippen molar-refractivity contribution in [2.24, 2.45) is 5.41 Å². The van der Waals surface area contributed by atoms with Gasteiger partial charge in [-0.3, -0.25) is 9.59 Å². The van der Waals surface area contributed by atoms with Crippen LogP contribution in [0.1, 0.15) is 48.1 Å². The van der Waals surface area contributed by atoms with Gasteiger partial charge in [-0.05, 0) is 92.4 Å². The van der Waals surface area contributed by atoms with E-state index >= 15 is 0 Å². The summed E-state index contributed by atoms with van der Waals surface area (Å²) in [4.78, 5) is 35.8. The molecule has 190 valence electrons. The van der Waals surface area contributed by atoms with E-state index in [0.29, 0.717) is 12.2 Å². The lowest BCUT2D eigenvalue weighted by Crippen LogP contribution is -2.50. The first-order chi connectivity index (χ1) is 17.5. The summed E-state index contributed by atoms with van der Waals surface area (Å²) in [6, 6.07) is 6.25. The quantitative estimate of drug-likeness (QED) is 0.582. The first-order valence-corrected chi connectivity index (χ1v) is 13.8. The highest BCUT2D eigenvalue weighted by Crippen LogP contribution is 2.41. The van der Waals surface area contributed by atoms with Crippen molar-refractivity contribution in [2.75, 3.05) is 44.6 Å². The molecule has 5 heterocycles. The second-order valence-corrected chi connectivity index (χ2v) is 11.1. The summed E-state index contributed by atoms with van der Waals surface area (Å²) in [6.45, 7) is 4.29. The maximum absolute atomic E-state index is 13.0. The molecule has 3 aliphatic rings. The van der Waals surface area contributed by atoms with E-state index in [-0.39, 0.29) is 18.4 Å². The molecule has 0 radical (unpaired) electrons. The molecule has 2 N–H and O–H groups in total. The van der Waals surface area contributed by atoms with Gasteiger partial charge in [-0.25, -0.2) is 4.98 Å². The van der Waals surface area contributed by atoms with Crippen LogP contribution in [0.2, 0.25) is 0 Å². The Labute approximate surface area is 216 Å². The van der Waals surface area contributed by atoms with Crippen molar-refractivity contribution in [1.82, 2.24) is 14.8 Å². The number of carbonyl (C=O) groups is 2. The molecule has 0 saturated carbocycles. The molecule has 3 aliphatic heterocycles. The Balaban J connectivity index is 1.19. The summed E-state index contributed by atoms with van der Waals surface area (Å²) in [5.41, 5.74) is 2.92. The number of piperidine rings is 2. The van der Waals surface area contributed by atoms with Gasteiger partial charge in [0.1, 0.15) is 5.82 Å². The highest BCUT2D eigenvalue weighted by Gasteiger charge is 2.44. The number of aromatic nitrogens is 1. The van der Waals surface area contributed by atoms with Crippen molar-refractivity contribution in [3.8, 4) is 0 Å². The summed E-state index contributed by atoms with van der Waals surface area (Å²) in [5.74, 6) is 0.737. The molecule has 2 fully saturated rings. The first kappa shape index (κ1) is 24.9. The van der Waals surface area contributed by atoms with Crippen LogP contribution >= 0.6 is 11.3 Å². The topological polar surface area (TPSA) is 85.8 Å². The lowest BCUT2D eigenvalue weighted by molar-refractivity contribution is -0.129. The Morgan fingerprint density at radius 3 is 2.75 bits per heavy atom. The zero-order chi connectivity index (χ0) is 25.0. The maximum atomic E-state index is 13.0. The van der Waals surface area contributed by atoms with Crippen LogP contribution in [0, 0.1) is 5.41 Å². The van der Waals surface area contributed by atoms with Gasteiger partial charge in [-0.1, -0.05) is 11.6 Å². The highest BCUT2D eigenvalue weighted by molar-refractivity contribution is 7.10. The Kier molecular flexibility index (Phi) is 7.65. The molecule has 2 aromatic heterocycles. The number of nitrogens with zero attached hydrogens (tertiary/aromatic N) is 3. The number of fused-ring (bicyclic) bond motifs is 1. The summed E-state index contributed by atoms with van der Waals surface area (Å²) in [7, 11) is 0. The standard InChI is InChI=1S/C28H34N4O3S/c33-15-2-10-31-13-8-28(9-14-31)19-23-17-22(20-29-26(23)30-27(28)35)4-5-25(34)32-11-6-21(7-12-32)18-24-3-1-16-36-24/h1,3-5,16-18,20,33H,2,6-15,19H2,(H,29,30,35)/b5-4+. The van der Waals surface area contributed by atoms with Crippen LogP contribution in [0.15, 0.2) is 41.4 Å². The van der Waals surface area contributed by atoms with E-state index < -0.39 is 5.41 Å². The zero-order valence-electron chi connectivity index (χ0n) is 20.6. The highest BCUT2D eigenvalue weighted by atomic mass is 32.1. The third-order valence-electron chi connectivity index (χ3n) is 7.70. The van der Waals surface area contributed by atoms with Gasteiger partial charge in [0.05, 0.1) is 5.41 Å². The minimum atomic E-state index is -0.398. The molecule has 1 spiro atoms. The third kappa shape index (κ3) is 5.61. The van der Waals surface area contributed by atoms with Crippen molar-refractivity contribution < 1.29 is 14.7 Å². The number of aliphatic hydroxyl groups excluding tert-OH is 1. The fourth-order valence-electron chi connectivity index (χ4n) is 5.46. The van der Waals surface area contributed by atoms with E-state index in [1.807, 2.05) is 11.0 Å². The number of aliphatic hydroxyl groups is 1. The van der Waals surface area contributed by atoms with Crippen molar-refractivity contribution >= 4 is 41.1 Å². The number of pyridine rings is 1. The number of rotatable bonds is 6. The van der Waals surface area contributed by atoms with Crippen molar-refractivity contribution in [3.63, 3.8) is 0 Å². The average Bonchev–Trinajstić information content (AvgIpc) is 3.41. The number of amides is 2. The summed E-state index contributed by atoms with van der Waals surface area (Å²) in [6.07, 6.45) is 12.3. The van der Waals surface area contributed by atoms with Crippen molar-refractivity contribution in [1.29, 1.82) is 0 Å². The summed E-state index contributed by atoms with van der Waals surface area (Å²) < 4.78 is 0. The number of likely N-dealkylation sites (tertiary alicyclic amines) is 2. The van der Waals surface area contributed by atoms with E-state index in [2.05, 4.69) is 44.9 Å². The van der Waals surface area contributed by atoms with Crippen LogP contribution in [-0.2, 0) is 16.0 Å². The van der Waals surface area contributed by atoms with E-state index in [4.69, 9.17) is 5.11 Å². The van der Waals surface area contributed by atoms with Gasteiger partial charge in [0.15, 0.2) is 0 Å². The smallest absolute Gasteiger partial charge is 0.246 e. The van der Waals surface area contributed by atoms with Gasteiger partial charge in [0.2, 0.25) is 11.8 Å². The van der Waals surface area contributed by atoms with E-state index in [1.54, 1.807) is 23.6 Å². The molecule has 2 aromatic rings. The van der Waals surface area contributed by atoms with Crippen molar-refractivity contribution in [3.05, 3.63) is 57.4 Å². The molecular weight excluding hydrogens is 472 g/mol. The first-order valence-electron chi connectivity index (χ1n) is 12.9. The minimum absolute atomic E-state index is 0.0305. The van der Waals surface area contributed by atoms with Crippen LogP contribution in [-0.4, -0.2) is 71.0 Å². The van der Waals surface area contributed by atoms with Gasteiger partial charge >= 0.3 is 0 Å². The number of anilines is 1. The molecule has 2 amide bonds. The second kappa shape index (κ2) is 11.1. The van der Waals surface area contributed by atoms with Gasteiger partial charge in [-0.15, -0.1) is 11.3 Å². The number of thiophene rings is 1. The molecule has 36 heavy (non-hydrogen) atoms. The predicted octanol–water partition coefficient (Wildman–Crippen LogP) is 3.82. The van der Waals surface area contributed by atoms with Crippen LogP contribution in [0.4, 0.5) is 5.82 Å². The molecule has 0 unspecified atom stereocenters. The van der Waals surface area contributed by atoms with E-state index in [9.17, 15) is 9.59 Å². The molecular formula is C28H34N4O3S. The van der Waals surface area contributed by atoms with Gasteiger partial charge in [0.25, 0.3) is 0 Å². The van der Waals surface area contributed by atoms with Gasteiger partial charge in [0, 0.05) is 43.4 Å². The second-order valence-electron chi connectivity index (χ2n) is 10.1. The third-order valence-corrected chi connectivity index (χ3v) is 8.52. The molecule has 7 nitrogen and oxygen atoms in total.